The SMILES string of the molecule is COC[C@@H](C)n1c(C)cc(C(=O)COC(=O)c2cc(Cl)c(OC)c(OC)c2)c1C. The number of nitrogens with zero attached hydrogens (tertiary/aromatic N) is 1. The van der Waals surface area contributed by atoms with Crippen LogP contribution in [0.1, 0.15) is 45.1 Å². The Morgan fingerprint density at radius 2 is 1.79 bits per heavy atom. The number of hydrogen-bond donors (Lipinski definition) is 0. The molecule has 8 heteroatoms. The summed E-state index contributed by atoms with van der Waals surface area (Å²) >= 11 is 6.12. The minimum Gasteiger partial charge on any atom is -0.493 e. The predicted octanol–water partition coefficient (Wildman–Crippen LogP) is 4.02. The van der Waals surface area contributed by atoms with Crippen LogP contribution in [0.15, 0.2) is 18.2 Å². The number of rotatable bonds is 9. The number of Topliss-reactive ketones (excluding diaryl/α,β-unsaturated/α-hetero) is 1. The zero-order valence-electron chi connectivity index (χ0n) is 17.5. The molecule has 0 spiro atoms. The van der Waals surface area contributed by atoms with Gasteiger partial charge in [-0.25, -0.2) is 4.79 Å². The van der Waals surface area contributed by atoms with Crippen LogP contribution in [0.5, 0.6) is 11.5 Å². The molecule has 2 aromatic rings. The van der Waals surface area contributed by atoms with E-state index in [1.807, 2.05) is 25.3 Å². The van der Waals surface area contributed by atoms with Gasteiger partial charge in [0.2, 0.25) is 5.78 Å². The number of carbonyl (C=O) groups is 2. The molecular formula is C21H26ClNO6. The molecule has 0 radical (unpaired) electrons. The maximum Gasteiger partial charge on any atom is 0.338 e. The van der Waals surface area contributed by atoms with Crippen molar-refractivity contribution in [1.82, 2.24) is 4.57 Å². The van der Waals surface area contributed by atoms with Crippen molar-refractivity contribution < 1.29 is 28.5 Å². The van der Waals surface area contributed by atoms with Gasteiger partial charge in [-0.3, -0.25) is 4.79 Å². The van der Waals surface area contributed by atoms with Crippen molar-refractivity contribution >= 4 is 23.4 Å². The summed E-state index contributed by atoms with van der Waals surface area (Å²) in [5.41, 5.74) is 2.43. The van der Waals surface area contributed by atoms with Crippen molar-refractivity contribution in [3.63, 3.8) is 0 Å². The summed E-state index contributed by atoms with van der Waals surface area (Å²) in [5, 5.41) is 0.209. The lowest BCUT2D eigenvalue weighted by molar-refractivity contribution is 0.0474. The molecule has 1 atom stereocenters. The highest BCUT2D eigenvalue weighted by Gasteiger charge is 2.21. The third-order valence-corrected chi connectivity index (χ3v) is 4.92. The van der Waals surface area contributed by atoms with Crippen LogP contribution in [0.3, 0.4) is 0 Å². The van der Waals surface area contributed by atoms with Gasteiger partial charge in [-0.2, -0.15) is 0 Å². The molecule has 0 amide bonds. The molecule has 0 N–H and O–H groups in total. The van der Waals surface area contributed by atoms with Crippen molar-refractivity contribution in [2.75, 3.05) is 34.5 Å². The fourth-order valence-electron chi connectivity index (χ4n) is 3.38. The first kappa shape index (κ1) is 22.8. The Hall–Kier alpha value is -2.51. The highest BCUT2D eigenvalue weighted by Crippen LogP contribution is 2.36. The Labute approximate surface area is 175 Å². The number of aryl methyl sites for hydroxylation is 1. The molecule has 1 aromatic heterocycles. The normalized spacial score (nSPS) is 11.8. The smallest absolute Gasteiger partial charge is 0.338 e. The Morgan fingerprint density at radius 3 is 2.38 bits per heavy atom. The number of carbonyl (C=O) groups excluding carboxylic acids is 2. The van der Waals surface area contributed by atoms with E-state index in [-0.39, 0.29) is 29.0 Å². The summed E-state index contributed by atoms with van der Waals surface area (Å²) in [6, 6.07) is 4.74. The highest BCUT2D eigenvalue weighted by molar-refractivity contribution is 6.32. The molecule has 0 saturated heterocycles. The van der Waals surface area contributed by atoms with E-state index in [4.69, 9.17) is 30.5 Å². The molecule has 158 valence electrons. The third kappa shape index (κ3) is 4.92. The first-order chi connectivity index (χ1) is 13.7. The topological polar surface area (TPSA) is 76.0 Å². The molecule has 2 rings (SSSR count). The summed E-state index contributed by atoms with van der Waals surface area (Å²) in [5.74, 6) is -0.343. The molecule has 0 bridgehead atoms. The van der Waals surface area contributed by atoms with Crippen molar-refractivity contribution in [2.24, 2.45) is 0 Å². The largest absolute Gasteiger partial charge is 0.493 e. The van der Waals surface area contributed by atoms with E-state index in [1.165, 1.54) is 26.4 Å². The number of ether oxygens (including phenoxy) is 4. The van der Waals surface area contributed by atoms with E-state index < -0.39 is 5.97 Å². The molecule has 0 saturated carbocycles. The summed E-state index contributed by atoms with van der Waals surface area (Å²) in [6.07, 6.45) is 0. The third-order valence-electron chi connectivity index (χ3n) is 4.64. The van der Waals surface area contributed by atoms with Gasteiger partial charge in [0.05, 0.1) is 37.5 Å². The van der Waals surface area contributed by atoms with Crippen molar-refractivity contribution in [2.45, 2.75) is 26.8 Å². The van der Waals surface area contributed by atoms with E-state index in [0.717, 1.165) is 11.4 Å². The Kier molecular flexibility index (Phi) is 7.70. The van der Waals surface area contributed by atoms with Crippen LogP contribution < -0.4 is 9.47 Å². The zero-order valence-corrected chi connectivity index (χ0v) is 18.3. The maximum atomic E-state index is 12.6. The van der Waals surface area contributed by atoms with Crippen molar-refractivity contribution in [3.05, 3.63) is 45.7 Å². The van der Waals surface area contributed by atoms with Gasteiger partial charge in [0, 0.05) is 24.1 Å². The van der Waals surface area contributed by atoms with E-state index in [0.29, 0.717) is 23.7 Å². The number of methoxy groups -OCH3 is 3. The predicted molar refractivity (Wildman–Crippen MR) is 110 cm³/mol. The van der Waals surface area contributed by atoms with E-state index in [2.05, 4.69) is 0 Å². The van der Waals surface area contributed by atoms with Gasteiger partial charge in [0.25, 0.3) is 0 Å². The number of halogens is 1. The van der Waals surface area contributed by atoms with E-state index >= 15 is 0 Å². The Balaban J connectivity index is 2.15. The molecule has 7 nitrogen and oxygen atoms in total. The molecule has 1 heterocycles. The molecule has 0 unspecified atom stereocenters. The number of ketones is 1. The van der Waals surface area contributed by atoms with Gasteiger partial charge in [0.1, 0.15) is 0 Å². The second-order valence-electron chi connectivity index (χ2n) is 6.65. The first-order valence-electron chi connectivity index (χ1n) is 9.04. The lowest BCUT2D eigenvalue weighted by atomic mass is 10.1. The minimum absolute atomic E-state index is 0.0815. The monoisotopic (exact) mass is 423 g/mol. The van der Waals surface area contributed by atoms with Crippen LogP contribution in [-0.2, 0) is 9.47 Å². The van der Waals surface area contributed by atoms with Crippen LogP contribution >= 0.6 is 11.6 Å². The maximum absolute atomic E-state index is 12.6. The van der Waals surface area contributed by atoms with Gasteiger partial charge in [-0.05, 0) is 39.0 Å². The highest BCUT2D eigenvalue weighted by atomic mass is 35.5. The van der Waals surface area contributed by atoms with Crippen LogP contribution in [0, 0.1) is 13.8 Å². The van der Waals surface area contributed by atoms with Crippen molar-refractivity contribution in [1.29, 1.82) is 0 Å². The van der Waals surface area contributed by atoms with Gasteiger partial charge >= 0.3 is 5.97 Å². The van der Waals surface area contributed by atoms with Crippen LogP contribution in [0.25, 0.3) is 0 Å². The Morgan fingerprint density at radius 1 is 1.10 bits per heavy atom. The molecule has 0 aliphatic rings. The average Bonchev–Trinajstić information content (AvgIpc) is 2.99. The Bertz CT molecular complexity index is 905. The molecule has 0 aliphatic heterocycles. The second-order valence-corrected chi connectivity index (χ2v) is 7.06. The molecule has 0 fully saturated rings. The fourth-order valence-corrected chi connectivity index (χ4v) is 3.67. The summed E-state index contributed by atoms with van der Waals surface area (Å²) < 4.78 is 22.8. The number of esters is 1. The molecule has 0 aliphatic carbocycles. The van der Waals surface area contributed by atoms with Crippen LogP contribution in [0.4, 0.5) is 0 Å². The molecule has 1 aromatic carbocycles. The van der Waals surface area contributed by atoms with Gasteiger partial charge < -0.3 is 23.5 Å². The summed E-state index contributed by atoms with van der Waals surface area (Å²) in [4.78, 5) is 25.0. The van der Waals surface area contributed by atoms with Crippen LogP contribution in [0.2, 0.25) is 5.02 Å². The lowest BCUT2D eigenvalue weighted by Gasteiger charge is -2.17. The standard InChI is InChI=1S/C21H26ClNO6/c1-12-7-16(14(3)23(12)13(2)10-26-4)18(24)11-29-21(25)15-8-17(22)20(28-6)19(9-15)27-5/h7-9,13H,10-11H2,1-6H3/t13-/m1/s1. The second kappa shape index (κ2) is 9.80. The number of aromatic nitrogens is 1. The average molecular weight is 424 g/mol. The van der Waals surface area contributed by atoms with E-state index in [1.54, 1.807) is 13.2 Å². The van der Waals surface area contributed by atoms with E-state index in [9.17, 15) is 9.59 Å². The fraction of sp³-hybridized carbons (Fsp3) is 0.429. The lowest BCUT2D eigenvalue weighted by Crippen LogP contribution is -2.17. The van der Waals surface area contributed by atoms with Gasteiger partial charge in [0.15, 0.2) is 18.1 Å². The molecular weight excluding hydrogens is 398 g/mol. The van der Waals surface area contributed by atoms with Gasteiger partial charge in [-0.1, -0.05) is 11.6 Å². The first-order valence-corrected chi connectivity index (χ1v) is 9.42. The quantitative estimate of drug-likeness (QED) is 0.448. The summed E-state index contributed by atoms with van der Waals surface area (Å²) in [7, 11) is 4.52. The number of hydrogen-bond acceptors (Lipinski definition) is 6. The zero-order chi connectivity index (χ0) is 21.7. The van der Waals surface area contributed by atoms with Crippen LogP contribution in [-0.4, -0.2) is 50.9 Å². The van der Waals surface area contributed by atoms with Crippen molar-refractivity contribution in [3.8, 4) is 11.5 Å². The number of benzene rings is 1. The summed E-state index contributed by atoms with van der Waals surface area (Å²) in [6.45, 7) is 5.95. The molecule has 29 heavy (non-hydrogen) atoms. The van der Waals surface area contributed by atoms with Gasteiger partial charge in [-0.15, -0.1) is 0 Å². The minimum atomic E-state index is -0.678.